The molecule has 2 N–H and O–H groups in total. The van der Waals surface area contributed by atoms with E-state index in [4.69, 9.17) is 0 Å². The van der Waals surface area contributed by atoms with Gasteiger partial charge in [-0.15, -0.1) is 5.10 Å². The Hall–Kier alpha value is -3.10. The first-order valence-corrected chi connectivity index (χ1v) is 6.16. The lowest BCUT2D eigenvalue weighted by Crippen LogP contribution is -2.39. The van der Waals surface area contributed by atoms with Crippen LogP contribution in [0.1, 0.15) is 18.4 Å². The summed E-state index contributed by atoms with van der Waals surface area (Å²) in [7, 11) is 0. The van der Waals surface area contributed by atoms with E-state index in [2.05, 4.69) is 10.2 Å². The molecule has 22 heavy (non-hydrogen) atoms. The Labute approximate surface area is 123 Å². The first kappa shape index (κ1) is 15.3. The number of hydrogen-bond donors (Lipinski definition) is 2. The van der Waals surface area contributed by atoms with Crippen molar-refractivity contribution < 1.29 is 24.7 Å². The van der Waals surface area contributed by atoms with Crippen LogP contribution < -0.4 is 0 Å². The summed E-state index contributed by atoms with van der Waals surface area (Å²) >= 11 is 0. The second kappa shape index (κ2) is 5.72. The molecule has 1 heterocycles. The Kier molecular flexibility index (Phi) is 3.97. The summed E-state index contributed by atoms with van der Waals surface area (Å²) in [5.41, 5.74) is -0.828. The quantitative estimate of drug-likeness (QED) is 0.633. The van der Waals surface area contributed by atoms with E-state index in [0.29, 0.717) is 0 Å². The van der Waals surface area contributed by atoms with Gasteiger partial charge < -0.3 is 10.2 Å². The van der Waals surface area contributed by atoms with Gasteiger partial charge in [0.15, 0.2) is 5.71 Å². The molecule has 1 aliphatic heterocycles. The summed E-state index contributed by atoms with van der Waals surface area (Å²) in [6.07, 6.45) is 0. The average Bonchev–Trinajstić information content (AvgIpc) is 2.45. The molecule has 2 unspecified atom stereocenters. The molecular weight excluding hydrogens is 294 g/mol. The third-order valence-electron chi connectivity index (χ3n) is 3.35. The van der Waals surface area contributed by atoms with Crippen LogP contribution in [0.2, 0.25) is 0 Å². The maximum atomic E-state index is 11.5. The van der Waals surface area contributed by atoms with Crippen LogP contribution in [0.4, 0.5) is 5.69 Å². The van der Waals surface area contributed by atoms with Crippen LogP contribution >= 0.6 is 0 Å². The highest BCUT2D eigenvalue weighted by molar-refractivity contribution is 6.39. The number of carboxylic acids is 2. The molecule has 0 aliphatic carbocycles. The fraction of sp³-hybridized carbons (Fsp3) is 0.231. The highest BCUT2D eigenvalue weighted by Crippen LogP contribution is 2.36. The highest BCUT2D eigenvalue weighted by Gasteiger charge is 2.43. The Bertz CT molecular complexity index is 724. The van der Waals surface area contributed by atoms with E-state index in [-0.39, 0.29) is 17.0 Å². The van der Waals surface area contributed by atoms with E-state index < -0.39 is 34.4 Å². The average molecular weight is 305 g/mol. The van der Waals surface area contributed by atoms with Gasteiger partial charge in [0.2, 0.25) is 0 Å². The minimum Gasteiger partial charge on any atom is -0.481 e. The molecule has 0 fully saturated rings. The zero-order valence-corrected chi connectivity index (χ0v) is 11.3. The van der Waals surface area contributed by atoms with Crippen LogP contribution in [0, 0.1) is 16.0 Å². The van der Waals surface area contributed by atoms with Crippen LogP contribution in [0.5, 0.6) is 0 Å². The van der Waals surface area contributed by atoms with Gasteiger partial charge in [-0.1, -0.05) is 18.2 Å². The third kappa shape index (κ3) is 2.55. The molecule has 0 aromatic heterocycles. The van der Waals surface area contributed by atoms with E-state index >= 15 is 0 Å². The Morgan fingerprint density at radius 3 is 2.41 bits per heavy atom. The molecule has 2 atom stereocenters. The van der Waals surface area contributed by atoms with E-state index in [1.165, 1.54) is 31.2 Å². The SMILES string of the molecule is CC1=NN=C(C(=O)O)C(c2ccccc2[N+](=O)[O-])C1C(=O)O. The largest absolute Gasteiger partial charge is 0.481 e. The van der Waals surface area contributed by atoms with Gasteiger partial charge in [0.05, 0.1) is 16.6 Å². The summed E-state index contributed by atoms with van der Waals surface area (Å²) in [6.45, 7) is 1.39. The first-order chi connectivity index (χ1) is 10.3. The molecule has 1 aliphatic rings. The fourth-order valence-electron chi connectivity index (χ4n) is 2.40. The zero-order chi connectivity index (χ0) is 16.4. The summed E-state index contributed by atoms with van der Waals surface area (Å²) in [5.74, 6) is -5.40. The third-order valence-corrected chi connectivity index (χ3v) is 3.35. The molecule has 9 heteroatoms. The van der Waals surface area contributed by atoms with Crippen molar-refractivity contribution in [1.82, 2.24) is 0 Å². The molecule has 1 aromatic carbocycles. The fourth-order valence-corrected chi connectivity index (χ4v) is 2.40. The molecule has 0 spiro atoms. The van der Waals surface area contributed by atoms with Gasteiger partial charge in [-0.2, -0.15) is 5.10 Å². The van der Waals surface area contributed by atoms with Gasteiger partial charge >= 0.3 is 11.9 Å². The van der Waals surface area contributed by atoms with Crippen LogP contribution in [-0.2, 0) is 9.59 Å². The number of benzene rings is 1. The van der Waals surface area contributed by atoms with Crippen molar-refractivity contribution in [3.63, 3.8) is 0 Å². The number of nitro groups is 1. The molecule has 0 saturated carbocycles. The number of nitro benzene ring substituents is 1. The van der Waals surface area contributed by atoms with Crippen molar-refractivity contribution in [3.8, 4) is 0 Å². The predicted molar refractivity (Wildman–Crippen MR) is 75.1 cm³/mol. The lowest BCUT2D eigenvalue weighted by Gasteiger charge is -2.25. The van der Waals surface area contributed by atoms with Gasteiger partial charge in [-0.05, 0) is 6.92 Å². The van der Waals surface area contributed by atoms with Gasteiger partial charge in [0.1, 0.15) is 5.92 Å². The van der Waals surface area contributed by atoms with Crippen molar-refractivity contribution in [3.05, 3.63) is 39.9 Å². The number of rotatable bonds is 4. The summed E-state index contributed by atoms with van der Waals surface area (Å²) in [4.78, 5) is 33.3. The second-order valence-corrected chi connectivity index (χ2v) is 4.64. The monoisotopic (exact) mass is 305 g/mol. The van der Waals surface area contributed by atoms with E-state index in [0.717, 1.165) is 0 Å². The highest BCUT2D eigenvalue weighted by atomic mass is 16.6. The molecule has 1 aromatic rings. The predicted octanol–water partition coefficient (Wildman–Crippen LogP) is 1.29. The topological polar surface area (TPSA) is 142 Å². The summed E-state index contributed by atoms with van der Waals surface area (Å²) in [6, 6.07) is 5.41. The van der Waals surface area contributed by atoms with Crippen molar-refractivity contribution in [2.75, 3.05) is 0 Å². The van der Waals surface area contributed by atoms with Crippen LogP contribution in [0.25, 0.3) is 0 Å². The maximum absolute atomic E-state index is 11.5. The number of nitrogens with zero attached hydrogens (tertiary/aromatic N) is 3. The Morgan fingerprint density at radius 1 is 1.23 bits per heavy atom. The second-order valence-electron chi connectivity index (χ2n) is 4.64. The molecule has 0 radical (unpaired) electrons. The number of hydrogen-bond acceptors (Lipinski definition) is 6. The van der Waals surface area contributed by atoms with E-state index in [9.17, 15) is 29.9 Å². The number of carbonyl (C=O) groups is 2. The number of aliphatic carboxylic acids is 2. The van der Waals surface area contributed by atoms with E-state index in [1.807, 2.05) is 0 Å². The molecule has 114 valence electrons. The first-order valence-electron chi connectivity index (χ1n) is 6.16. The lowest BCUT2D eigenvalue weighted by molar-refractivity contribution is -0.385. The Morgan fingerprint density at radius 2 is 1.86 bits per heavy atom. The van der Waals surface area contributed by atoms with Gasteiger partial charge in [0, 0.05) is 11.6 Å². The number of para-hydroxylation sites is 1. The van der Waals surface area contributed by atoms with Crippen LogP contribution in [0.15, 0.2) is 34.5 Å². The zero-order valence-electron chi connectivity index (χ0n) is 11.3. The molecule has 0 saturated heterocycles. The Balaban J connectivity index is 2.70. The summed E-state index contributed by atoms with van der Waals surface area (Å²) in [5, 5.41) is 36.8. The maximum Gasteiger partial charge on any atom is 0.352 e. The van der Waals surface area contributed by atoms with Crippen molar-refractivity contribution in [2.24, 2.45) is 16.1 Å². The van der Waals surface area contributed by atoms with Gasteiger partial charge in [-0.25, -0.2) is 4.79 Å². The minimum absolute atomic E-state index is 0.0182. The standard InChI is InChI=1S/C13H11N3O6/c1-6-9(12(17)18)10(11(13(19)20)15-14-6)7-4-2-3-5-8(7)16(21)22/h2-5,9-10H,1H3,(H,17,18)(H,19,20). The normalized spacial score (nSPS) is 20.8. The minimum atomic E-state index is -1.47. The van der Waals surface area contributed by atoms with Gasteiger partial charge in [0.25, 0.3) is 5.69 Å². The summed E-state index contributed by atoms with van der Waals surface area (Å²) < 4.78 is 0. The molecule has 0 amide bonds. The lowest BCUT2D eigenvalue weighted by atomic mass is 9.78. The van der Waals surface area contributed by atoms with Crippen LogP contribution in [-0.4, -0.2) is 38.5 Å². The number of carboxylic acid groups (broad SMARTS) is 2. The molecular formula is C13H11N3O6. The van der Waals surface area contributed by atoms with Crippen molar-refractivity contribution >= 4 is 29.0 Å². The van der Waals surface area contributed by atoms with Crippen molar-refractivity contribution in [1.29, 1.82) is 0 Å². The van der Waals surface area contributed by atoms with E-state index in [1.54, 1.807) is 0 Å². The van der Waals surface area contributed by atoms with Crippen LogP contribution in [0.3, 0.4) is 0 Å². The molecule has 9 nitrogen and oxygen atoms in total. The molecule has 2 rings (SSSR count). The molecule has 0 bridgehead atoms. The van der Waals surface area contributed by atoms with Crippen molar-refractivity contribution in [2.45, 2.75) is 12.8 Å². The van der Waals surface area contributed by atoms with Gasteiger partial charge in [-0.3, -0.25) is 14.9 Å². The smallest absolute Gasteiger partial charge is 0.352 e.